The van der Waals surface area contributed by atoms with Crippen molar-refractivity contribution >= 4 is 23.4 Å². The third-order valence-electron chi connectivity index (χ3n) is 3.57. The maximum atomic E-state index is 12.9. The first kappa shape index (κ1) is 20.5. The summed E-state index contributed by atoms with van der Waals surface area (Å²) >= 11 is 5.83. The summed E-state index contributed by atoms with van der Waals surface area (Å²) in [6.45, 7) is 0.689. The van der Waals surface area contributed by atoms with Crippen molar-refractivity contribution in [1.82, 2.24) is 10.6 Å². The summed E-state index contributed by atoms with van der Waals surface area (Å²) in [4.78, 5) is 23.7. The van der Waals surface area contributed by atoms with Crippen molar-refractivity contribution in [3.63, 3.8) is 0 Å². The standard InChI is InChI=1S/C19H20ClFN2O4/c1-26-15-5-2-13(3-6-15)19(25)23-10-9-22-18(24)8-11-27-17-7-4-14(21)12-16(17)20/h2-7,12H,8-11H2,1H3,(H,22,24)(H,23,25). The van der Waals surface area contributed by atoms with Crippen LogP contribution in [0.15, 0.2) is 42.5 Å². The highest BCUT2D eigenvalue weighted by Gasteiger charge is 2.07. The van der Waals surface area contributed by atoms with Crippen LogP contribution in [0.1, 0.15) is 16.8 Å². The Bertz CT molecular complexity index is 784. The Hall–Kier alpha value is -2.80. The molecule has 27 heavy (non-hydrogen) atoms. The summed E-state index contributed by atoms with van der Waals surface area (Å²) in [6, 6.07) is 10.5. The fourth-order valence-electron chi connectivity index (χ4n) is 2.16. The Balaban J connectivity index is 1.62. The molecule has 0 radical (unpaired) electrons. The van der Waals surface area contributed by atoms with E-state index < -0.39 is 5.82 Å². The van der Waals surface area contributed by atoms with Gasteiger partial charge in [-0.15, -0.1) is 0 Å². The zero-order valence-electron chi connectivity index (χ0n) is 14.8. The summed E-state index contributed by atoms with van der Waals surface area (Å²) in [5, 5.41) is 5.53. The summed E-state index contributed by atoms with van der Waals surface area (Å²) in [6.07, 6.45) is 0.111. The Morgan fingerprint density at radius 3 is 2.44 bits per heavy atom. The highest BCUT2D eigenvalue weighted by atomic mass is 35.5. The Kier molecular flexibility index (Phi) is 7.88. The van der Waals surface area contributed by atoms with Crippen LogP contribution in [0.25, 0.3) is 0 Å². The van der Waals surface area contributed by atoms with Gasteiger partial charge in [0.15, 0.2) is 0 Å². The van der Waals surface area contributed by atoms with Gasteiger partial charge in [-0.05, 0) is 42.5 Å². The number of methoxy groups -OCH3 is 1. The van der Waals surface area contributed by atoms with Crippen LogP contribution in [0, 0.1) is 5.82 Å². The van der Waals surface area contributed by atoms with E-state index in [1.54, 1.807) is 31.4 Å². The molecular formula is C19H20ClFN2O4. The van der Waals surface area contributed by atoms with Crippen LogP contribution in [0.2, 0.25) is 5.02 Å². The topological polar surface area (TPSA) is 76.7 Å². The number of amides is 2. The molecule has 0 aliphatic carbocycles. The number of hydrogen-bond acceptors (Lipinski definition) is 4. The molecule has 2 rings (SSSR count). The number of nitrogens with one attached hydrogen (secondary N) is 2. The number of hydrogen-bond donors (Lipinski definition) is 2. The molecule has 0 aliphatic rings. The lowest BCUT2D eigenvalue weighted by molar-refractivity contribution is -0.121. The van der Waals surface area contributed by atoms with E-state index in [0.717, 1.165) is 6.07 Å². The van der Waals surface area contributed by atoms with Crippen LogP contribution in [0.4, 0.5) is 4.39 Å². The molecule has 2 aromatic rings. The fraction of sp³-hybridized carbons (Fsp3) is 0.263. The van der Waals surface area contributed by atoms with Crippen molar-refractivity contribution < 1.29 is 23.5 Å². The third-order valence-corrected chi connectivity index (χ3v) is 3.86. The average Bonchev–Trinajstić information content (AvgIpc) is 2.67. The molecule has 0 aromatic heterocycles. The van der Waals surface area contributed by atoms with Crippen LogP contribution in [-0.4, -0.2) is 38.6 Å². The van der Waals surface area contributed by atoms with Crippen LogP contribution < -0.4 is 20.1 Å². The number of benzene rings is 2. The van der Waals surface area contributed by atoms with Gasteiger partial charge in [0.2, 0.25) is 5.91 Å². The Labute approximate surface area is 161 Å². The number of rotatable bonds is 9. The van der Waals surface area contributed by atoms with Crippen molar-refractivity contribution in [2.75, 3.05) is 26.8 Å². The number of halogens is 2. The van der Waals surface area contributed by atoms with E-state index in [0.29, 0.717) is 23.6 Å². The van der Waals surface area contributed by atoms with Crippen LogP contribution >= 0.6 is 11.6 Å². The minimum atomic E-state index is -0.457. The first-order valence-electron chi connectivity index (χ1n) is 8.26. The third kappa shape index (κ3) is 6.79. The van der Waals surface area contributed by atoms with Gasteiger partial charge >= 0.3 is 0 Å². The fourth-order valence-corrected chi connectivity index (χ4v) is 2.38. The van der Waals surface area contributed by atoms with E-state index >= 15 is 0 Å². The van der Waals surface area contributed by atoms with E-state index in [9.17, 15) is 14.0 Å². The van der Waals surface area contributed by atoms with Gasteiger partial charge in [0.1, 0.15) is 17.3 Å². The maximum absolute atomic E-state index is 12.9. The Morgan fingerprint density at radius 1 is 1.07 bits per heavy atom. The summed E-state index contributed by atoms with van der Waals surface area (Å²) in [7, 11) is 1.55. The van der Waals surface area contributed by atoms with Gasteiger partial charge in [0.25, 0.3) is 5.91 Å². The first-order valence-corrected chi connectivity index (χ1v) is 8.64. The smallest absolute Gasteiger partial charge is 0.251 e. The maximum Gasteiger partial charge on any atom is 0.251 e. The number of carbonyl (C=O) groups excluding carboxylic acids is 2. The second-order valence-corrected chi connectivity index (χ2v) is 5.91. The minimum absolute atomic E-state index is 0.107. The van der Waals surface area contributed by atoms with E-state index in [1.165, 1.54) is 12.1 Å². The minimum Gasteiger partial charge on any atom is -0.497 e. The van der Waals surface area contributed by atoms with Crippen molar-refractivity contribution in [2.24, 2.45) is 0 Å². The van der Waals surface area contributed by atoms with Crippen LogP contribution in [0.5, 0.6) is 11.5 Å². The van der Waals surface area contributed by atoms with Crippen molar-refractivity contribution in [2.45, 2.75) is 6.42 Å². The molecule has 0 bridgehead atoms. The van der Waals surface area contributed by atoms with E-state index in [4.69, 9.17) is 21.1 Å². The zero-order chi connectivity index (χ0) is 19.6. The zero-order valence-corrected chi connectivity index (χ0v) is 15.5. The molecule has 6 nitrogen and oxygen atoms in total. The molecular weight excluding hydrogens is 375 g/mol. The molecule has 0 atom stereocenters. The highest BCUT2D eigenvalue weighted by Crippen LogP contribution is 2.24. The molecule has 144 valence electrons. The lowest BCUT2D eigenvalue weighted by atomic mass is 10.2. The predicted molar refractivity (Wildman–Crippen MR) is 99.9 cm³/mol. The summed E-state index contributed by atoms with van der Waals surface area (Å²) < 4.78 is 23.3. The normalized spacial score (nSPS) is 10.2. The van der Waals surface area contributed by atoms with Gasteiger partial charge < -0.3 is 20.1 Å². The molecule has 0 heterocycles. The second kappa shape index (κ2) is 10.4. The Morgan fingerprint density at radius 2 is 1.78 bits per heavy atom. The van der Waals surface area contributed by atoms with Crippen LogP contribution in [0.3, 0.4) is 0 Å². The van der Waals surface area contributed by atoms with Gasteiger partial charge in [0, 0.05) is 18.7 Å². The molecule has 2 N–H and O–H groups in total. The van der Waals surface area contributed by atoms with Crippen molar-refractivity contribution in [1.29, 1.82) is 0 Å². The summed E-state index contributed by atoms with van der Waals surface area (Å²) in [5.41, 5.74) is 0.506. The van der Waals surface area contributed by atoms with Gasteiger partial charge in [0.05, 0.1) is 25.2 Å². The molecule has 0 unspecified atom stereocenters. The lowest BCUT2D eigenvalue weighted by Gasteiger charge is -2.09. The lowest BCUT2D eigenvalue weighted by Crippen LogP contribution is -2.35. The molecule has 8 heteroatoms. The summed E-state index contributed by atoms with van der Waals surface area (Å²) in [5.74, 6) is 0.0653. The van der Waals surface area contributed by atoms with E-state index in [-0.39, 0.29) is 36.4 Å². The number of carbonyl (C=O) groups is 2. The molecule has 2 aromatic carbocycles. The van der Waals surface area contributed by atoms with Gasteiger partial charge in [-0.3, -0.25) is 9.59 Å². The molecule has 0 fully saturated rings. The largest absolute Gasteiger partial charge is 0.497 e. The van der Waals surface area contributed by atoms with Gasteiger partial charge in [-0.25, -0.2) is 4.39 Å². The monoisotopic (exact) mass is 394 g/mol. The number of ether oxygens (including phenoxy) is 2. The molecule has 0 spiro atoms. The average molecular weight is 395 g/mol. The highest BCUT2D eigenvalue weighted by molar-refractivity contribution is 6.32. The first-order chi connectivity index (χ1) is 13.0. The van der Waals surface area contributed by atoms with Gasteiger partial charge in [-0.2, -0.15) is 0 Å². The van der Waals surface area contributed by atoms with E-state index in [2.05, 4.69) is 10.6 Å². The van der Waals surface area contributed by atoms with Crippen molar-refractivity contribution in [3.8, 4) is 11.5 Å². The molecule has 0 aliphatic heterocycles. The van der Waals surface area contributed by atoms with E-state index in [1.807, 2.05) is 0 Å². The predicted octanol–water partition coefficient (Wildman–Crippen LogP) is 2.80. The molecule has 0 saturated heterocycles. The van der Waals surface area contributed by atoms with Crippen molar-refractivity contribution in [3.05, 3.63) is 58.9 Å². The SMILES string of the molecule is COc1ccc(C(=O)NCCNC(=O)CCOc2ccc(F)cc2Cl)cc1. The molecule has 0 saturated carbocycles. The van der Waals surface area contributed by atoms with Crippen LogP contribution in [-0.2, 0) is 4.79 Å². The molecule has 2 amide bonds. The quantitative estimate of drug-likeness (QED) is 0.641. The van der Waals surface area contributed by atoms with Gasteiger partial charge in [-0.1, -0.05) is 11.6 Å². The second-order valence-electron chi connectivity index (χ2n) is 5.51.